The number of aryl methyl sites for hydroxylation is 1. The summed E-state index contributed by atoms with van der Waals surface area (Å²) in [5, 5.41) is 3.48. The normalized spacial score (nSPS) is 15.1. The Morgan fingerprint density at radius 1 is 1.23 bits per heavy atom. The molecule has 1 fully saturated rings. The van der Waals surface area contributed by atoms with Crippen LogP contribution in [-0.4, -0.2) is 70.5 Å². The number of anilines is 1. The average Bonchev–Trinajstić information content (AvgIpc) is 3.15. The Labute approximate surface area is 203 Å². The van der Waals surface area contributed by atoms with Gasteiger partial charge >= 0.3 is 6.09 Å². The molecule has 0 unspecified atom stereocenters. The molecule has 3 heterocycles. The number of aromatic nitrogens is 3. The molecule has 4 rings (SSSR count). The first-order chi connectivity index (χ1) is 16.7. The summed E-state index contributed by atoms with van der Waals surface area (Å²) < 4.78 is 30.4. The van der Waals surface area contributed by atoms with Crippen molar-refractivity contribution < 1.29 is 22.7 Å². The third-order valence-corrected chi connectivity index (χ3v) is 7.90. The molecule has 0 atom stereocenters. The van der Waals surface area contributed by atoms with Gasteiger partial charge in [-0.2, -0.15) is 0 Å². The predicted molar refractivity (Wildman–Crippen MR) is 132 cm³/mol. The number of nitrogen functional groups attached to an aromatic ring is 1. The highest BCUT2D eigenvalue weighted by Crippen LogP contribution is 2.29. The van der Waals surface area contributed by atoms with E-state index >= 15 is 0 Å². The number of alkyl carbamates (subject to hydrolysis) is 1. The zero-order valence-electron chi connectivity index (χ0n) is 19.9. The summed E-state index contributed by atoms with van der Waals surface area (Å²) in [6.45, 7) is 4.70. The lowest BCUT2D eigenvalue weighted by Gasteiger charge is -2.36. The number of imidazole rings is 1. The Morgan fingerprint density at radius 2 is 1.97 bits per heavy atom. The van der Waals surface area contributed by atoms with Gasteiger partial charge in [-0.25, -0.2) is 23.2 Å². The van der Waals surface area contributed by atoms with E-state index in [4.69, 9.17) is 10.5 Å². The van der Waals surface area contributed by atoms with Gasteiger partial charge < -0.3 is 25.3 Å². The smallest absolute Gasteiger partial charge is 0.407 e. The van der Waals surface area contributed by atoms with Crippen molar-refractivity contribution in [2.45, 2.75) is 45.9 Å². The van der Waals surface area contributed by atoms with Crippen molar-refractivity contribution in [2.24, 2.45) is 0 Å². The zero-order chi connectivity index (χ0) is 25.2. The van der Waals surface area contributed by atoms with Gasteiger partial charge in [-0.1, -0.05) is 18.2 Å². The summed E-state index contributed by atoms with van der Waals surface area (Å²) in [4.78, 5) is 34.7. The fourth-order valence-electron chi connectivity index (χ4n) is 4.45. The van der Waals surface area contributed by atoms with Gasteiger partial charge in [0.05, 0.1) is 28.6 Å². The highest BCUT2D eigenvalue weighted by Gasteiger charge is 2.38. The van der Waals surface area contributed by atoms with E-state index in [1.807, 2.05) is 28.8 Å². The van der Waals surface area contributed by atoms with Crippen molar-refractivity contribution in [3.8, 4) is 0 Å². The summed E-state index contributed by atoms with van der Waals surface area (Å²) in [6, 6.07) is 7.38. The maximum atomic E-state index is 12.1. The van der Waals surface area contributed by atoms with Crippen LogP contribution in [-0.2, 0) is 32.5 Å². The summed E-state index contributed by atoms with van der Waals surface area (Å²) in [5.74, 6) is 0.769. The minimum Gasteiger partial charge on any atom is -0.441 e. The number of carbonyl (C=O) groups is 2. The van der Waals surface area contributed by atoms with Crippen LogP contribution < -0.4 is 11.1 Å². The second-order valence-corrected chi connectivity index (χ2v) is 10.8. The number of hydrogen-bond donors (Lipinski definition) is 2. The molecule has 1 saturated heterocycles. The summed E-state index contributed by atoms with van der Waals surface area (Å²) >= 11 is 0. The average molecular weight is 503 g/mol. The molecule has 188 valence electrons. The number of nitrogens with one attached hydrogen (secondary N) is 1. The van der Waals surface area contributed by atoms with E-state index < -0.39 is 15.9 Å². The molecule has 11 nitrogen and oxygen atoms in total. The van der Waals surface area contributed by atoms with Gasteiger partial charge in [0.2, 0.25) is 5.91 Å². The Hall–Kier alpha value is -3.41. The summed E-state index contributed by atoms with van der Waals surface area (Å²) in [5.41, 5.74) is 8.31. The van der Waals surface area contributed by atoms with Crippen molar-refractivity contribution in [3.05, 3.63) is 30.1 Å². The largest absolute Gasteiger partial charge is 0.441 e. The Morgan fingerprint density at radius 3 is 2.66 bits per heavy atom. The van der Waals surface area contributed by atoms with Crippen molar-refractivity contribution in [3.63, 3.8) is 0 Å². The first-order valence-corrected chi connectivity index (χ1v) is 13.4. The molecule has 35 heavy (non-hydrogen) atoms. The van der Waals surface area contributed by atoms with E-state index in [-0.39, 0.29) is 30.1 Å². The number of rotatable bonds is 9. The number of sulfone groups is 1. The second kappa shape index (κ2) is 10.1. The lowest BCUT2D eigenvalue weighted by molar-refractivity contribution is -0.130. The lowest BCUT2D eigenvalue weighted by Crippen LogP contribution is -2.55. The standard InChI is InChI=1S/C23H30N6O5S/c1-3-25-23(31)34-12-19-27-20-21(17-8-4-5-9-18(17)26-22(20)24)29(19)11-7-6-10-28(15(2)30)16-13-35(32,33)14-16/h4-5,8-9,16H,3,6-7,10-14H2,1-2H3,(H2,24,26)(H,25,31). The van der Waals surface area contributed by atoms with Crippen molar-refractivity contribution >= 4 is 49.6 Å². The number of benzene rings is 1. The maximum absolute atomic E-state index is 12.1. The van der Waals surface area contributed by atoms with E-state index in [9.17, 15) is 18.0 Å². The van der Waals surface area contributed by atoms with E-state index in [0.717, 1.165) is 16.4 Å². The van der Waals surface area contributed by atoms with Gasteiger partial charge in [-0.15, -0.1) is 0 Å². The molecule has 1 aliphatic rings. The van der Waals surface area contributed by atoms with Crippen molar-refractivity contribution in [1.29, 1.82) is 0 Å². The van der Waals surface area contributed by atoms with Gasteiger partial charge in [-0.05, 0) is 25.8 Å². The van der Waals surface area contributed by atoms with Crippen LogP contribution in [0, 0.1) is 0 Å². The molecule has 0 bridgehead atoms. The number of nitrogens with zero attached hydrogens (tertiary/aromatic N) is 4. The summed E-state index contributed by atoms with van der Waals surface area (Å²) in [7, 11) is -3.02. The number of nitrogens with two attached hydrogens (primary N) is 1. The van der Waals surface area contributed by atoms with E-state index in [2.05, 4.69) is 15.3 Å². The topological polar surface area (TPSA) is 150 Å². The SMILES string of the molecule is CCNC(=O)OCc1nc2c(N)nc3ccccc3c2n1CCCCN(C(C)=O)C1CS(=O)(=O)C1. The molecular weight excluding hydrogens is 472 g/mol. The van der Waals surface area contributed by atoms with Crippen molar-refractivity contribution in [1.82, 2.24) is 24.8 Å². The van der Waals surface area contributed by atoms with Gasteiger partial charge in [0, 0.05) is 31.9 Å². The molecule has 0 spiro atoms. The van der Waals surface area contributed by atoms with Crippen LogP contribution in [0.1, 0.15) is 32.5 Å². The first-order valence-electron chi connectivity index (χ1n) is 11.6. The molecule has 3 aromatic rings. The van der Waals surface area contributed by atoms with Crippen LogP contribution in [0.15, 0.2) is 24.3 Å². The number of hydrogen-bond acceptors (Lipinski definition) is 8. The molecule has 3 N–H and O–H groups in total. The highest BCUT2D eigenvalue weighted by atomic mass is 32.2. The number of ether oxygens (including phenoxy) is 1. The Balaban J connectivity index is 1.56. The minimum atomic E-state index is -3.02. The fraction of sp³-hybridized carbons (Fsp3) is 0.478. The van der Waals surface area contributed by atoms with E-state index in [1.165, 1.54) is 6.92 Å². The maximum Gasteiger partial charge on any atom is 0.407 e. The summed E-state index contributed by atoms with van der Waals surface area (Å²) in [6.07, 6.45) is 0.833. The van der Waals surface area contributed by atoms with Gasteiger partial charge in [-0.3, -0.25) is 4.79 Å². The highest BCUT2D eigenvalue weighted by molar-refractivity contribution is 7.92. The van der Waals surface area contributed by atoms with Crippen LogP contribution in [0.25, 0.3) is 21.9 Å². The second-order valence-electron chi connectivity index (χ2n) is 8.65. The van der Waals surface area contributed by atoms with Crippen LogP contribution >= 0.6 is 0 Å². The number of unbranched alkanes of at least 4 members (excludes halogenated alkanes) is 1. The Kier molecular flexibility index (Phi) is 7.10. The predicted octanol–water partition coefficient (Wildman–Crippen LogP) is 1.84. The molecule has 1 aliphatic heterocycles. The van der Waals surface area contributed by atoms with Gasteiger partial charge in [0.15, 0.2) is 22.3 Å². The third-order valence-electron chi connectivity index (χ3n) is 6.11. The minimum absolute atomic E-state index is 0.0261. The van der Waals surface area contributed by atoms with Gasteiger partial charge in [0.25, 0.3) is 0 Å². The van der Waals surface area contributed by atoms with Crippen molar-refractivity contribution in [2.75, 3.05) is 30.3 Å². The number of amides is 2. The first kappa shape index (κ1) is 24.7. The molecule has 0 saturated carbocycles. The Bertz CT molecular complexity index is 1360. The van der Waals surface area contributed by atoms with E-state index in [0.29, 0.717) is 49.6 Å². The number of fused-ring (bicyclic) bond motifs is 3. The van der Waals surface area contributed by atoms with Crippen LogP contribution in [0.5, 0.6) is 0 Å². The van der Waals surface area contributed by atoms with E-state index in [1.54, 1.807) is 11.8 Å². The van der Waals surface area contributed by atoms with Gasteiger partial charge in [0.1, 0.15) is 11.3 Å². The lowest BCUT2D eigenvalue weighted by atomic mass is 10.2. The number of para-hydroxylation sites is 1. The molecule has 0 aliphatic carbocycles. The molecular formula is C23H30N6O5S. The molecule has 1 aromatic carbocycles. The zero-order valence-corrected chi connectivity index (χ0v) is 20.7. The third kappa shape index (κ3) is 5.31. The quantitative estimate of drug-likeness (QED) is 0.421. The monoisotopic (exact) mass is 502 g/mol. The molecule has 2 aromatic heterocycles. The van der Waals surface area contributed by atoms with Crippen LogP contribution in [0.3, 0.4) is 0 Å². The number of pyridine rings is 1. The van der Waals surface area contributed by atoms with Crippen LogP contribution in [0.4, 0.5) is 10.6 Å². The fourth-order valence-corrected chi connectivity index (χ4v) is 5.88. The molecule has 0 radical (unpaired) electrons. The molecule has 12 heteroatoms. The molecule has 2 amide bonds. The van der Waals surface area contributed by atoms with Crippen LogP contribution in [0.2, 0.25) is 0 Å². The number of carbonyl (C=O) groups excluding carboxylic acids is 2.